The first kappa shape index (κ1) is 13.8. The fraction of sp³-hybridized carbons (Fsp3) is 0.125. The molecule has 0 unspecified atom stereocenters. The number of nitrogens with zero attached hydrogens (tertiary/aromatic N) is 2. The molecule has 0 atom stereocenters. The van der Waals surface area contributed by atoms with Crippen LogP contribution >= 0.6 is 0 Å². The Morgan fingerprint density at radius 1 is 1.25 bits per heavy atom. The van der Waals surface area contributed by atoms with Crippen molar-refractivity contribution in [3.63, 3.8) is 0 Å². The average molecular weight is 268 g/mol. The second kappa shape index (κ2) is 5.54. The van der Waals surface area contributed by atoms with E-state index in [1.54, 1.807) is 42.3 Å². The smallest absolute Gasteiger partial charge is 0.161 e. The van der Waals surface area contributed by atoms with Gasteiger partial charge >= 0.3 is 0 Å². The van der Waals surface area contributed by atoms with Crippen LogP contribution in [-0.4, -0.2) is 12.8 Å². The normalized spacial score (nSPS) is 9.90. The van der Waals surface area contributed by atoms with Crippen LogP contribution in [0, 0.1) is 17.1 Å². The summed E-state index contributed by atoms with van der Waals surface area (Å²) in [6, 6.07) is 13.0. The molecule has 0 saturated carbocycles. The molecule has 0 heterocycles. The van der Waals surface area contributed by atoms with Crippen molar-refractivity contribution in [2.24, 2.45) is 0 Å². The predicted molar refractivity (Wildman–Crippen MR) is 75.6 cm³/mol. The summed E-state index contributed by atoms with van der Waals surface area (Å²) >= 11 is 0. The van der Waals surface area contributed by atoms with Gasteiger partial charge in [0.15, 0.2) is 5.78 Å². The average Bonchev–Trinajstić information content (AvgIpc) is 2.45. The van der Waals surface area contributed by atoms with Gasteiger partial charge in [-0.1, -0.05) is 6.07 Å². The van der Waals surface area contributed by atoms with Crippen LogP contribution in [-0.2, 0) is 0 Å². The van der Waals surface area contributed by atoms with E-state index >= 15 is 0 Å². The molecule has 4 heteroatoms. The van der Waals surface area contributed by atoms with Crippen molar-refractivity contribution in [3.05, 3.63) is 59.4 Å². The first-order valence-electron chi connectivity index (χ1n) is 6.07. The molecule has 2 rings (SSSR count). The number of nitriles is 1. The molecule has 2 aromatic carbocycles. The summed E-state index contributed by atoms with van der Waals surface area (Å²) < 4.78 is 13.3. The van der Waals surface area contributed by atoms with Crippen molar-refractivity contribution in [1.82, 2.24) is 0 Å². The second-order valence-electron chi connectivity index (χ2n) is 4.44. The summed E-state index contributed by atoms with van der Waals surface area (Å²) in [7, 11) is 1.73. The van der Waals surface area contributed by atoms with Gasteiger partial charge < -0.3 is 4.90 Å². The molecule has 2 aromatic rings. The van der Waals surface area contributed by atoms with E-state index in [0.717, 1.165) is 0 Å². The Bertz CT molecular complexity index is 704. The van der Waals surface area contributed by atoms with E-state index < -0.39 is 0 Å². The van der Waals surface area contributed by atoms with E-state index in [0.29, 0.717) is 22.5 Å². The Morgan fingerprint density at radius 2 is 2.00 bits per heavy atom. The number of benzene rings is 2. The van der Waals surface area contributed by atoms with Gasteiger partial charge in [-0.05, 0) is 43.3 Å². The van der Waals surface area contributed by atoms with Crippen molar-refractivity contribution in [1.29, 1.82) is 5.26 Å². The van der Waals surface area contributed by atoms with E-state index in [1.807, 2.05) is 6.07 Å². The van der Waals surface area contributed by atoms with Gasteiger partial charge in [-0.15, -0.1) is 0 Å². The SMILES string of the molecule is CC(=O)c1ccc(C#N)cc1N(C)c1cccc(F)c1. The van der Waals surface area contributed by atoms with Gasteiger partial charge in [-0.25, -0.2) is 4.39 Å². The van der Waals surface area contributed by atoms with Crippen LogP contribution in [0.15, 0.2) is 42.5 Å². The third kappa shape index (κ3) is 2.67. The number of anilines is 2. The van der Waals surface area contributed by atoms with Crippen LogP contribution < -0.4 is 4.90 Å². The standard InChI is InChI=1S/C16H13FN2O/c1-11(20)15-7-6-12(10-18)8-16(15)19(2)14-5-3-4-13(17)9-14/h3-9H,1-2H3. The first-order valence-corrected chi connectivity index (χ1v) is 6.07. The number of carbonyl (C=O) groups is 1. The molecule has 0 fully saturated rings. The molecule has 0 aliphatic heterocycles. The van der Waals surface area contributed by atoms with Crippen LogP contribution in [0.3, 0.4) is 0 Å². The highest BCUT2D eigenvalue weighted by Crippen LogP contribution is 2.28. The quantitative estimate of drug-likeness (QED) is 0.798. The zero-order valence-electron chi connectivity index (χ0n) is 11.2. The van der Waals surface area contributed by atoms with E-state index in [9.17, 15) is 9.18 Å². The maximum Gasteiger partial charge on any atom is 0.161 e. The van der Waals surface area contributed by atoms with E-state index in [-0.39, 0.29) is 11.6 Å². The minimum Gasteiger partial charge on any atom is -0.344 e. The van der Waals surface area contributed by atoms with Crippen molar-refractivity contribution < 1.29 is 9.18 Å². The maximum atomic E-state index is 13.3. The van der Waals surface area contributed by atoms with Crippen LogP contribution in [0.2, 0.25) is 0 Å². The van der Waals surface area contributed by atoms with Gasteiger partial charge in [0.2, 0.25) is 0 Å². The van der Waals surface area contributed by atoms with Crippen molar-refractivity contribution in [3.8, 4) is 6.07 Å². The van der Waals surface area contributed by atoms with E-state index in [1.165, 1.54) is 19.1 Å². The Balaban J connectivity index is 2.55. The van der Waals surface area contributed by atoms with Gasteiger partial charge in [-0.3, -0.25) is 4.79 Å². The molecule has 20 heavy (non-hydrogen) atoms. The molecule has 0 amide bonds. The number of carbonyl (C=O) groups excluding carboxylic acids is 1. The zero-order chi connectivity index (χ0) is 14.7. The Hall–Kier alpha value is -2.67. The summed E-state index contributed by atoms with van der Waals surface area (Å²) in [5.41, 5.74) is 2.15. The topological polar surface area (TPSA) is 44.1 Å². The van der Waals surface area contributed by atoms with Gasteiger partial charge in [-0.2, -0.15) is 5.26 Å². The molecule has 0 aromatic heterocycles. The molecule has 0 aliphatic rings. The summed E-state index contributed by atoms with van der Waals surface area (Å²) in [5.74, 6) is -0.456. The largest absolute Gasteiger partial charge is 0.344 e. The molecule has 0 bridgehead atoms. The highest BCUT2D eigenvalue weighted by Gasteiger charge is 2.14. The summed E-state index contributed by atoms with van der Waals surface area (Å²) in [4.78, 5) is 13.4. The Kier molecular flexibility index (Phi) is 3.81. The lowest BCUT2D eigenvalue weighted by molar-refractivity contribution is 0.101. The number of hydrogen-bond donors (Lipinski definition) is 0. The molecule has 0 spiro atoms. The lowest BCUT2D eigenvalue weighted by Gasteiger charge is -2.22. The van der Waals surface area contributed by atoms with Gasteiger partial charge in [0.25, 0.3) is 0 Å². The lowest BCUT2D eigenvalue weighted by atomic mass is 10.1. The number of rotatable bonds is 3. The lowest BCUT2D eigenvalue weighted by Crippen LogP contribution is -2.13. The number of Topliss-reactive ketones (excluding diaryl/α,β-unsaturated/α-hetero) is 1. The van der Waals surface area contributed by atoms with E-state index in [2.05, 4.69) is 0 Å². The molecule has 0 aliphatic carbocycles. The van der Waals surface area contributed by atoms with Crippen LogP contribution in [0.5, 0.6) is 0 Å². The third-order valence-corrected chi connectivity index (χ3v) is 3.06. The molecular weight excluding hydrogens is 255 g/mol. The number of hydrogen-bond acceptors (Lipinski definition) is 3. The first-order chi connectivity index (χ1) is 9.52. The molecule has 0 N–H and O–H groups in total. The zero-order valence-corrected chi connectivity index (χ0v) is 11.2. The fourth-order valence-electron chi connectivity index (χ4n) is 2.00. The predicted octanol–water partition coefficient (Wildman–Crippen LogP) is 3.67. The molecular formula is C16H13FN2O. The number of ketones is 1. The maximum absolute atomic E-state index is 13.3. The highest BCUT2D eigenvalue weighted by atomic mass is 19.1. The van der Waals surface area contributed by atoms with Gasteiger partial charge in [0.1, 0.15) is 5.82 Å². The summed E-state index contributed by atoms with van der Waals surface area (Å²) in [6.07, 6.45) is 0. The highest BCUT2D eigenvalue weighted by molar-refractivity contribution is 6.00. The van der Waals surface area contributed by atoms with Gasteiger partial charge in [0, 0.05) is 18.3 Å². The fourth-order valence-corrected chi connectivity index (χ4v) is 2.00. The van der Waals surface area contributed by atoms with E-state index in [4.69, 9.17) is 5.26 Å². The van der Waals surface area contributed by atoms with Crippen molar-refractivity contribution >= 4 is 17.2 Å². The van der Waals surface area contributed by atoms with Crippen LogP contribution in [0.1, 0.15) is 22.8 Å². The second-order valence-corrected chi connectivity index (χ2v) is 4.44. The Labute approximate surface area is 116 Å². The minimum atomic E-state index is -0.352. The third-order valence-electron chi connectivity index (χ3n) is 3.06. The summed E-state index contributed by atoms with van der Waals surface area (Å²) in [6.45, 7) is 1.46. The molecule has 0 radical (unpaired) electrons. The molecule has 0 saturated heterocycles. The monoisotopic (exact) mass is 268 g/mol. The van der Waals surface area contributed by atoms with Crippen LogP contribution in [0.4, 0.5) is 15.8 Å². The molecule has 3 nitrogen and oxygen atoms in total. The number of halogens is 1. The van der Waals surface area contributed by atoms with Crippen LogP contribution in [0.25, 0.3) is 0 Å². The molecule has 100 valence electrons. The van der Waals surface area contributed by atoms with Gasteiger partial charge in [0.05, 0.1) is 17.3 Å². The Morgan fingerprint density at radius 3 is 2.60 bits per heavy atom. The van der Waals surface area contributed by atoms with Crippen molar-refractivity contribution in [2.75, 3.05) is 11.9 Å². The van der Waals surface area contributed by atoms with Crippen molar-refractivity contribution in [2.45, 2.75) is 6.92 Å². The minimum absolute atomic E-state index is 0.104. The summed E-state index contributed by atoms with van der Waals surface area (Å²) in [5, 5.41) is 8.97.